The average molecular weight is 514 g/mol. The van der Waals surface area contributed by atoms with Crippen LogP contribution in [0.5, 0.6) is 5.75 Å². The number of hydrogen-bond donors (Lipinski definition) is 2. The molecule has 1 fully saturated rings. The number of hydrogen-bond acceptors (Lipinski definition) is 4. The molecule has 1 aromatic carbocycles. The number of aliphatic imine (C=N–C) groups is 1. The highest BCUT2D eigenvalue weighted by atomic mass is 127. The Morgan fingerprint density at radius 1 is 1.33 bits per heavy atom. The molecule has 0 bridgehead atoms. The first kappa shape index (κ1) is 23.9. The van der Waals surface area contributed by atoms with Crippen LogP contribution >= 0.6 is 24.0 Å². The van der Waals surface area contributed by atoms with Crippen LogP contribution in [0.3, 0.4) is 0 Å². The predicted octanol–water partition coefficient (Wildman–Crippen LogP) is 1.80. The van der Waals surface area contributed by atoms with Crippen molar-refractivity contribution in [3.8, 4) is 5.75 Å². The Balaban J connectivity index is 0.00000364. The predicted molar refractivity (Wildman–Crippen MR) is 116 cm³/mol. The van der Waals surface area contributed by atoms with Gasteiger partial charge in [0, 0.05) is 26.2 Å². The van der Waals surface area contributed by atoms with Crippen molar-refractivity contribution in [3.63, 3.8) is 0 Å². The lowest BCUT2D eigenvalue weighted by molar-refractivity contribution is 0.230. The van der Waals surface area contributed by atoms with E-state index in [0.717, 1.165) is 0 Å². The lowest BCUT2D eigenvalue weighted by atomic mass is 10.3. The van der Waals surface area contributed by atoms with E-state index in [1.54, 1.807) is 12.1 Å². The first-order valence-electron chi connectivity index (χ1n) is 8.83. The van der Waals surface area contributed by atoms with E-state index in [2.05, 4.69) is 15.6 Å². The SMILES string of the molecule is CCNC(=NCC(C)Oc1ccc(F)cc1)NCCN1CCCS1(=O)=O.I. The van der Waals surface area contributed by atoms with Gasteiger partial charge < -0.3 is 15.4 Å². The second-order valence-electron chi connectivity index (χ2n) is 6.10. The zero-order valence-corrected chi connectivity index (χ0v) is 18.8. The van der Waals surface area contributed by atoms with E-state index >= 15 is 0 Å². The third-order valence-corrected chi connectivity index (χ3v) is 5.82. The zero-order chi connectivity index (χ0) is 19.0. The maximum Gasteiger partial charge on any atom is 0.214 e. The van der Waals surface area contributed by atoms with Gasteiger partial charge in [-0.3, -0.25) is 0 Å². The first-order chi connectivity index (χ1) is 12.4. The molecule has 0 spiro atoms. The summed E-state index contributed by atoms with van der Waals surface area (Å²) in [4.78, 5) is 4.45. The Bertz CT molecular complexity index is 701. The number of guanidine groups is 1. The molecule has 1 unspecified atom stereocenters. The second kappa shape index (κ2) is 11.6. The molecule has 1 atom stereocenters. The van der Waals surface area contributed by atoms with Gasteiger partial charge in [0.15, 0.2) is 5.96 Å². The molecule has 0 saturated carbocycles. The van der Waals surface area contributed by atoms with Crippen molar-refractivity contribution in [1.29, 1.82) is 0 Å². The van der Waals surface area contributed by atoms with Crippen molar-refractivity contribution in [1.82, 2.24) is 14.9 Å². The average Bonchev–Trinajstić information content (AvgIpc) is 2.93. The van der Waals surface area contributed by atoms with Crippen molar-refractivity contribution in [3.05, 3.63) is 30.1 Å². The number of benzene rings is 1. The van der Waals surface area contributed by atoms with Crippen LogP contribution in [0.1, 0.15) is 20.3 Å². The molecule has 0 aromatic heterocycles. The fourth-order valence-corrected chi connectivity index (χ4v) is 4.11. The summed E-state index contributed by atoms with van der Waals surface area (Å²) in [6.45, 7) is 6.44. The maximum atomic E-state index is 12.9. The van der Waals surface area contributed by atoms with Crippen molar-refractivity contribution in [2.45, 2.75) is 26.4 Å². The van der Waals surface area contributed by atoms with Crippen LogP contribution < -0.4 is 15.4 Å². The van der Waals surface area contributed by atoms with Gasteiger partial charge in [0.2, 0.25) is 10.0 Å². The van der Waals surface area contributed by atoms with Gasteiger partial charge in [-0.2, -0.15) is 0 Å². The summed E-state index contributed by atoms with van der Waals surface area (Å²) in [7, 11) is -3.07. The lowest BCUT2D eigenvalue weighted by Crippen LogP contribution is -2.42. The minimum Gasteiger partial charge on any atom is -0.489 e. The number of nitrogens with one attached hydrogen (secondary N) is 2. The molecule has 1 saturated heterocycles. The molecule has 1 aliphatic heterocycles. The van der Waals surface area contributed by atoms with Gasteiger partial charge in [-0.05, 0) is 44.5 Å². The maximum absolute atomic E-state index is 12.9. The fourth-order valence-electron chi connectivity index (χ4n) is 2.59. The summed E-state index contributed by atoms with van der Waals surface area (Å²) in [6.07, 6.45) is 0.504. The van der Waals surface area contributed by atoms with Crippen LogP contribution in [0, 0.1) is 5.82 Å². The summed E-state index contributed by atoms with van der Waals surface area (Å²) in [5.74, 6) is 1.13. The van der Waals surface area contributed by atoms with E-state index < -0.39 is 10.0 Å². The molecule has 10 heteroatoms. The number of rotatable bonds is 8. The molecule has 0 amide bonds. The molecule has 1 heterocycles. The van der Waals surface area contributed by atoms with Gasteiger partial charge in [0.1, 0.15) is 17.7 Å². The Morgan fingerprint density at radius 3 is 2.63 bits per heavy atom. The molecule has 154 valence electrons. The standard InChI is InChI=1S/C17H27FN4O3S.HI/c1-3-19-17(20-9-11-22-10-4-12-26(22,23)24)21-13-14(2)25-16-7-5-15(18)6-8-16;/h5-8,14H,3-4,9-13H2,1-2H3,(H2,19,20,21);1H. The molecule has 7 nitrogen and oxygen atoms in total. The van der Waals surface area contributed by atoms with Crippen LogP contribution in [-0.4, -0.2) is 63.3 Å². The van der Waals surface area contributed by atoms with E-state index in [-0.39, 0.29) is 41.7 Å². The topological polar surface area (TPSA) is 83.0 Å². The quantitative estimate of drug-likeness (QED) is 0.314. The van der Waals surface area contributed by atoms with Crippen molar-refractivity contribution < 1.29 is 17.5 Å². The van der Waals surface area contributed by atoms with E-state index in [4.69, 9.17) is 4.74 Å². The first-order valence-corrected chi connectivity index (χ1v) is 10.4. The van der Waals surface area contributed by atoms with Gasteiger partial charge in [0.25, 0.3) is 0 Å². The summed E-state index contributed by atoms with van der Waals surface area (Å²) < 4.78 is 43.7. The number of nitrogens with zero attached hydrogens (tertiary/aromatic N) is 2. The lowest BCUT2D eigenvalue weighted by Gasteiger charge is -2.17. The molecule has 2 N–H and O–H groups in total. The normalized spacial score (nSPS) is 17.8. The van der Waals surface area contributed by atoms with E-state index in [0.29, 0.717) is 50.9 Å². The van der Waals surface area contributed by atoms with Gasteiger partial charge in [-0.25, -0.2) is 22.1 Å². The summed E-state index contributed by atoms with van der Waals surface area (Å²) in [6, 6.07) is 5.86. The van der Waals surface area contributed by atoms with E-state index in [1.807, 2.05) is 13.8 Å². The third kappa shape index (κ3) is 8.18. The molecule has 0 aliphatic carbocycles. The number of sulfonamides is 1. The fraction of sp³-hybridized carbons (Fsp3) is 0.588. The van der Waals surface area contributed by atoms with Crippen molar-refractivity contribution in [2.75, 3.05) is 38.5 Å². The third-order valence-electron chi connectivity index (χ3n) is 3.86. The highest BCUT2D eigenvalue weighted by molar-refractivity contribution is 14.0. The molecule has 2 rings (SSSR count). The smallest absolute Gasteiger partial charge is 0.214 e. The van der Waals surface area contributed by atoms with Crippen LogP contribution in [0.4, 0.5) is 4.39 Å². The Morgan fingerprint density at radius 2 is 2.04 bits per heavy atom. The molecular formula is C17H28FIN4O3S. The largest absolute Gasteiger partial charge is 0.489 e. The van der Waals surface area contributed by atoms with Gasteiger partial charge in [-0.1, -0.05) is 0 Å². The minimum atomic E-state index is -3.07. The van der Waals surface area contributed by atoms with Crippen molar-refractivity contribution in [2.24, 2.45) is 4.99 Å². The molecular weight excluding hydrogens is 486 g/mol. The van der Waals surface area contributed by atoms with Crippen LogP contribution in [0.25, 0.3) is 0 Å². The van der Waals surface area contributed by atoms with Crippen molar-refractivity contribution >= 4 is 40.0 Å². The molecule has 27 heavy (non-hydrogen) atoms. The summed E-state index contributed by atoms with van der Waals surface area (Å²) >= 11 is 0. The van der Waals surface area contributed by atoms with Gasteiger partial charge in [-0.15, -0.1) is 24.0 Å². The molecule has 1 aliphatic rings. The second-order valence-corrected chi connectivity index (χ2v) is 8.19. The summed E-state index contributed by atoms with van der Waals surface area (Å²) in [5, 5.41) is 6.26. The number of ether oxygens (including phenoxy) is 1. The van der Waals surface area contributed by atoms with Crippen LogP contribution in [0.2, 0.25) is 0 Å². The number of halogens is 2. The Labute approximate surface area is 177 Å². The highest BCUT2D eigenvalue weighted by Gasteiger charge is 2.27. The zero-order valence-electron chi connectivity index (χ0n) is 15.7. The Kier molecular flexibility index (Phi) is 10.3. The highest BCUT2D eigenvalue weighted by Crippen LogP contribution is 2.13. The van der Waals surface area contributed by atoms with Gasteiger partial charge in [0.05, 0.1) is 12.3 Å². The summed E-state index contributed by atoms with van der Waals surface area (Å²) in [5.41, 5.74) is 0. The van der Waals surface area contributed by atoms with Crippen LogP contribution in [0.15, 0.2) is 29.3 Å². The van der Waals surface area contributed by atoms with E-state index in [1.165, 1.54) is 16.4 Å². The Hall–Kier alpha value is -1.14. The minimum absolute atomic E-state index is 0. The monoisotopic (exact) mass is 514 g/mol. The molecule has 0 radical (unpaired) electrons. The molecule has 1 aromatic rings. The van der Waals surface area contributed by atoms with Gasteiger partial charge >= 0.3 is 0 Å². The van der Waals surface area contributed by atoms with E-state index in [9.17, 15) is 12.8 Å². The van der Waals surface area contributed by atoms with Crippen LogP contribution in [-0.2, 0) is 10.0 Å².